The molecule has 2 atom stereocenters. The average molecular weight is 384 g/mol. The van der Waals surface area contributed by atoms with Crippen LogP contribution in [0.25, 0.3) is 0 Å². The van der Waals surface area contributed by atoms with Crippen molar-refractivity contribution in [1.82, 2.24) is 4.98 Å². The van der Waals surface area contributed by atoms with E-state index in [1.807, 2.05) is 0 Å². The highest BCUT2D eigenvalue weighted by Gasteiger charge is 2.53. The van der Waals surface area contributed by atoms with Crippen LogP contribution in [-0.2, 0) is 4.79 Å². The average Bonchev–Trinajstić information content (AvgIpc) is 2.83. The lowest BCUT2D eigenvalue weighted by Gasteiger charge is -2.18. The van der Waals surface area contributed by atoms with Gasteiger partial charge in [-0.05, 0) is 15.9 Å². The first-order chi connectivity index (χ1) is 10.1. The first-order valence-corrected chi connectivity index (χ1v) is 6.75. The molecule has 0 amide bonds. The van der Waals surface area contributed by atoms with Crippen LogP contribution in [0, 0.1) is 22.0 Å². The summed E-state index contributed by atoms with van der Waals surface area (Å²) >= 11 is 2.99. The van der Waals surface area contributed by atoms with Gasteiger partial charge in [0.1, 0.15) is 0 Å². The number of rotatable bonds is 3. The Labute approximate surface area is 130 Å². The van der Waals surface area contributed by atoms with E-state index in [4.69, 9.17) is 5.11 Å². The monoisotopic (exact) mass is 383 g/mol. The molecule has 2 heterocycles. The maximum atomic E-state index is 12.9. The number of halogens is 4. The van der Waals surface area contributed by atoms with Gasteiger partial charge in [0.15, 0.2) is 0 Å². The van der Waals surface area contributed by atoms with Crippen LogP contribution in [0.15, 0.2) is 16.7 Å². The van der Waals surface area contributed by atoms with E-state index in [-0.39, 0.29) is 5.82 Å². The summed E-state index contributed by atoms with van der Waals surface area (Å²) in [5.74, 6) is -5.66. The predicted molar refractivity (Wildman–Crippen MR) is 71.5 cm³/mol. The number of anilines is 1. The van der Waals surface area contributed by atoms with E-state index >= 15 is 0 Å². The first-order valence-electron chi connectivity index (χ1n) is 5.95. The Kier molecular flexibility index (Phi) is 4.27. The molecule has 0 bridgehead atoms. The summed E-state index contributed by atoms with van der Waals surface area (Å²) in [5.41, 5.74) is -0.485. The first kappa shape index (κ1) is 16.5. The molecule has 0 saturated carbocycles. The summed E-state index contributed by atoms with van der Waals surface area (Å²) in [6, 6.07) is 1.11. The normalized spacial score (nSPS) is 21.9. The fourth-order valence-corrected chi connectivity index (χ4v) is 2.68. The second-order valence-corrected chi connectivity index (χ2v) is 5.67. The molecule has 120 valence electrons. The third-order valence-corrected chi connectivity index (χ3v) is 3.80. The van der Waals surface area contributed by atoms with Crippen LogP contribution in [0.4, 0.5) is 24.7 Å². The van der Waals surface area contributed by atoms with Gasteiger partial charge < -0.3 is 10.0 Å². The number of nitro groups is 1. The van der Waals surface area contributed by atoms with Crippen LogP contribution >= 0.6 is 15.9 Å². The third-order valence-electron chi connectivity index (χ3n) is 3.37. The van der Waals surface area contributed by atoms with Crippen molar-refractivity contribution in [2.75, 3.05) is 18.0 Å². The maximum absolute atomic E-state index is 12.9. The van der Waals surface area contributed by atoms with Gasteiger partial charge in [0.05, 0.1) is 16.8 Å². The summed E-state index contributed by atoms with van der Waals surface area (Å²) in [5, 5.41) is 19.9. The van der Waals surface area contributed by atoms with E-state index in [0.29, 0.717) is 4.47 Å². The predicted octanol–water partition coefficient (Wildman–Crippen LogP) is 2.45. The van der Waals surface area contributed by atoms with Gasteiger partial charge in [-0.25, -0.2) is 4.98 Å². The molecule has 0 spiro atoms. The second-order valence-electron chi connectivity index (χ2n) is 4.75. The highest BCUT2D eigenvalue weighted by atomic mass is 79.9. The van der Waals surface area contributed by atoms with Gasteiger partial charge in [0.2, 0.25) is 5.82 Å². The Hall–Kier alpha value is -1.91. The molecule has 0 radical (unpaired) electrons. The Morgan fingerprint density at radius 1 is 1.50 bits per heavy atom. The summed E-state index contributed by atoms with van der Waals surface area (Å²) in [7, 11) is 0. The zero-order valence-electron chi connectivity index (χ0n) is 10.7. The summed E-state index contributed by atoms with van der Waals surface area (Å²) in [6.07, 6.45) is -3.50. The smallest absolute Gasteiger partial charge is 0.394 e. The number of aromatic nitrogens is 1. The number of aliphatic carboxylic acids is 1. The zero-order valence-corrected chi connectivity index (χ0v) is 12.3. The molecule has 22 heavy (non-hydrogen) atoms. The lowest BCUT2D eigenvalue weighted by Crippen LogP contribution is -2.33. The van der Waals surface area contributed by atoms with Crippen LogP contribution in [0.3, 0.4) is 0 Å². The molecule has 7 nitrogen and oxygen atoms in total. The Morgan fingerprint density at radius 3 is 2.59 bits per heavy atom. The van der Waals surface area contributed by atoms with Gasteiger partial charge in [-0.1, -0.05) is 0 Å². The molecule has 0 aliphatic carbocycles. The van der Waals surface area contributed by atoms with Crippen molar-refractivity contribution >= 4 is 33.4 Å². The van der Waals surface area contributed by atoms with Gasteiger partial charge >= 0.3 is 17.8 Å². The minimum absolute atomic E-state index is 0.272. The van der Waals surface area contributed by atoms with Gasteiger partial charge in [-0.3, -0.25) is 14.9 Å². The molecule has 1 aliphatic heterocycles. The highest BCUT2D eigenvalue weighted by Crippen LogP contribution is 2.41. The molecule has 1 saturated heterocycles. The van der Waals surface area contributed by atoms with E-state index in [1.54, 1.807) is 0 Å². The van der Waals surface area contributed by atoms with Crippen molar-refractivity contribution in [1.29, 1.82) is 0 Å². The van der Waals surface area contributed by atoms with Crippen molar-refractivity contribution in [3.05, 3.63) is 26.9 Å². The number of hydrogen-bond acceptors (Lipinski definition) is 5. The van der Waals surface area contributed by atoms with Gasteiger partial charge in [-0.2, -0.15) is 13.2 Å². The second kappa shape index (κ2) is 5.71. The molecule has 1 aromatic heterocycles. The van der Waals surface area contributed by atoms with Gasteiger partial charge in [-0.15, -0.1) is 0 Å². The van der Waals surface area contributed by atoms with Crippen LogP contribution in [0.2, 0.25) is 0 Å². The lowest BCUT2D eigenvalue weighted by atomic mass is 9.96. The van der Waals surface area contributed by atoms with Crippen molar-refractivity contribution in [2.45, 2.75) is 6.18 Å². The number of pyridine rings is 1. The number of carbonyl (C=O) groups is 1. The molecular formula is C11H9BrF3N3O4. The van der Waals surface area contributed by atoms with Crippen LogP contribution in [0.5, 0.6) is 0 Å². The molecular weight excluding hydrogens is 375 g/mol. The molecule has 0 aromatic carbocycles. The quantitative estimate of drug-likeness (QED) is 0.635. The van der Waals surface area contributed by atoms with Crippen LogP contribution < -0.4 is 4.90 Å². The summed E-state index contributed by atoms with van der Waals surface area (Å²) < 4.78 is 39.1. The molecule has 11 heteroatoms. The topological polar surface area (TPSA) is 96.6 Å². The van der Waals surface area contributed by atoms with Crippen LogP contribution in [-0.4, -0.2) is 40.2 Å². The number of carboxylic acids is 1. The number of nitrogens with zero attached hydrogens (tertiary/aromatic N) is 3. The van der Waals surface area contributed by atoms with Crippen molar-refractivity contribution < 1.29 is 28.0 Å². The van der Waals surface area contributed by atoms with Gasteiger partial charge in [0, 0.05) is 29.8 Å². The van der Waals surface area contributed by atoms with Gasteiger partial charge in [0.25, 0.3) is 0 Å². The van der Waals surface area contributed by atoms with E-state index in [1.165, 1.54) is 6.20 Å². The van der Waals surface area contributed by atoms with Crippen molar-refractivity contribution in [3.63, 3.8) is 0 Å². The lowest BCUT2D eigenvalue weighted by molar-refractivity contribution is -0.384. The molecule has 2 rings (SSSR count). The maximum Gasteiger partial charge on any atom is 0.394 e. The number of alkyl halides is 3. The minimum atomic E-state index is -4.71. The number of hydrogen-bond donors (Lipinski definition) is 1. The summed E-state index contributed by atoms with van der Waals surface area (Å²) in [6.45, 7) is -1.18. The van der Waals surface area contributed by atoms with E-state index in [2.05, 4.69) is 20.9 Å². The molecule has 0 unspecified atom stereocenters. The zero-order chi connectivity index (χ0) is 16.7. The Morgan fingerprint density at radius 2 is 2.14 bits per heavy atom. The fourth-order valence-electron chi connectivity index (χ4n) is 2.36. The third kappa shape index (κ3) is 3.13. The molecule has 1 N–H and O–H groups in total. The Balaban J connectivity index is 2.39. The largest absolute Gasteiger partial charge is 0.481 e. The van der Waals surface area contributed by atoms with E-state index in [0.717, 1.165) is 11.0 Å². The van der Waals surface area contributed by atoms with Crippen molar-refractivity contribution in [2.24, 2.45) is 11.8 Å². The summed E-state index contributed by atoms with van der Waals surface area (Å²) in [4.78, 5) is 26.0. The highest BCUT2D eigenvalue weighted by molar-refractivity contribution is 9.10. The van der Waals surface area contributed by atoms with Crippen LogP contribution in [0.1, 0.15) is 0 Å². The van der Waals surface area contributed by atoms with Crippen molar-refractivity contribution in [3.8, 4) is 0 Å². The molecule has 1 aromatic rings. The van der Waals surface area contributed by atoms with E-state index in [9.17, 15) is 28.1 Å². The Bertz CT molecular complexity index is 625. The molecule has 1 aliphatic rings. The fraction of sp³-hybridized carbons (Fsp3) is 0.455. The standard InChI is InChI=1S/C11H9BrF3N3O4/c12-5-1-8(18(21)22)9(16-2-5)17-3-6(10(19)20)7(4-17)11(13,14)15/h1-2,6-7H,3-4H2,(H,19,20)/t6-,7-/m1/s1. The number of carboxylic acid groups (broad SMARTS) is 1. The van der Waals surface area contributed by atoms with E-state index < -0.39 is 47.7 Å². The SMILES string of the molecule is O=C(O)[C@@H]1CN(c2ncc(Br)cc2[N+](=O)[O-])C[C@H]1C(F)(F)F. The molecule has 1 fully saturated rings. The minimum Gasteiger partial charge on any atom is -0.481 e.